The Morgan fingerprint density at radius 3 is 2.40 bits per heavy atom. The molecule has 1 aliphatic rings. The molecule has 1 saturated heterocycles. The second kappa shape index (κ2) is 8.84. The monoisotopic (exact) mass is 477 g/mol. The summed E-state index contributed by atoms with van der Waals surface area (Å²) in [5.74, 6) is 0.855. The van der Waals surface area contributed by atoms with Crippen LogP contribution >= 0.6 is 0 Å². The van der Waals surface area contributed by atoms with Crippen molar-refractivity contribution in [1.82, 2.24) is 25.3 Å². The van der Waals surface area contributed by atoms with E-state index < -0.39 is 16.6 Å². The Morgan fingerprint density at radius 2 is 1.83 bits per heavy atom. The molecule has 35 heavy (non-hydrogen) atoms. The highest BCUT2D eigenvalue weighted by molar-refractivity contribution is 5.73. The molecular weight excluding hydrogens is 442 g/mol. The van der Waals surface area contributed by atoms with Crippen LogP contribution in [0.5, 0.6) is 0 Å². The number of likely N-dealkylation sites (tertiary alicyclic amines) is 1. The Labute approximate surface area is 206 Å². The number of rotatable bonds is 7. The van der Waals surface area contributed by atoms with Gasteiger partial charge in [0.05, 0.1) is 0 Å². The topological polar surface area (TPSA) is 104 Å². The van der Waals surface area contributed by atoms with Gasteiger partial charge in [0.25, 0.3) is 5.89 Å². The van der Waals surface area contributed by atoms with E-state index in [0.29, 0.717) is 28.8 Å². The number of nitrogens with one attached hydrogen (secondary N) is 1. The van der Waals surface area contributed by atoms with Gasteiger partial charge in [-0.05, 0) is 44.0 Å². The predicted octanol–water partition coefficient (Wildman–Crippen LogP) is 3.81. The SMILES string of the molecule is CC(=O)NC(C)(C)c1nc(-c2cncc([C@@](O)(c3ccc(C(C)C)cc3)C3(C)CN(C)C3)c2)no1. The van der Waals surface area contributed by atoms with Crippen molar-refractivity contribution in [1.29, 1.82) is 0 Å². The summed E-state index contributed by atoms with van der Waals surface area (Å²) >= 11 is 0. The Kier molecular flexibility index (Phi) is 6.32. The van der Waals surface area contributed by atoms with Gasteiger partial charge in [-0.25, -0.2) is 0 Å². The van der Waals surface area contributed by atoms with E-state index in [9.17, 15) is 9.90 Å². The maximum absolute atomic E-state index is 12.4. The number of hydrogen-bond acceptors (Lipinski definition) is 7. The molecule has 2 aromatic heterocycles. The average Bonchev–Trinajstić information content (AvgIpc) is 3.28. The van der Waals surface area contributed by atoms with Crippen LogP contribution in [-0.4, -0.2) is 51.2 Å². The maximum Gasteiger partial charge on any atom is 0.252 e. The van der Waals surface area contributed by atoms with Crippen molar-refractivity contribution in [3.8, 4) is 11.4 Å². The van der Waals surface area contributed by atoms with E-state index >= 15 is 0 Å². The van der Waals surface area contributed by atoms with Crippen molar-refractivity contribution >= 4 is 5.91 Å². The molecule has 3 aromatic rings. The van der Waals surface area contributed by atoms with Gasteiger partial charge in [0.1, 0.15) is 11.1 Å². The third-order valence-corrected chi connectivity index (χ3v) is 6.97. The number of nitrogens with zero attached hydrogens (tertiary/aromatic N) is 4. The molecule has 0 aliphatic carbocycles. The fourth-order valence-electron chi connectivity index (χ4n) is 5.20. The molecule has 8 nitrogen and oxygen atoms in total. The molecule has 4 rings (SSSR count). The molecule has 3 heterocycles. The van der Waals surface area contributed by atoms with Crippen LogP contribution in [0.25, 0.3) is 11.4 Å². The molecule has 0 spiro atoms. The first-order chi connectivity index (χ1) is 16.4. The first kappa shape index (κ1) is 25.0. The van der Waals surface area contributed by atoms with Crippen LogP contribution in [0.2, 0.25) is 0 Å². The lowest BCUT2D eigenvalue weighted by atomic mass is 9.62. The Balaban J connectivity index is 1.76. The molecule has 2 N–H and O–H groups in total. The molecule has 0 saturated carbocycles. The van der Waals surface area contributed by atoms with Gasteiger partial charge in [-0.15, -0.1) is 0 Å². The van der Waals surface area contributed by atoms with Gasteiger partial charge in [0, 0.05) is 48.9 Å². The first-order valence-electron chi connectivity index (χ1n) is 12.0. The lowest BCUT2D eigenvalue weighted by molar-refractivity contribution is -0.127. The molecule has 1 fully saturated rings. The van der Waals surface area contributed by atoms with Gasteiger partial charge < -0.3 is 19.8 Å². The van der Waals surface area contributed by atoms with E-state index in [1.54, 1.807) is 26.2 Å². The number of pyridine rings is 1. The van der Waals surface area contributed by atoms with E-state index in [0.717, 1.165) is 18.7 Å². The van der Waals surface area contributed by atoms with Crippen LogP contribution in [-0.2, 0) is 15.9 Å². The maximum atomic E-state index is 12.4. The van der Waals surface area contributed by atoms with Crippen molar-refractivity contribution in [2.45, 2.75) is 58.6 Å². The summed E-state index contributed by atoms with van der Waals surface area (Å²) in [6.45, 7) is 13.0. The molecule has 1 aliphatic heterocycles. The number of benzene rings is 1. The lowest BCUT2D eigenvalue weighted by Crippen LogP contribution is -2.63. The lowest BCUT2D eigenvalue weighted by Gasteiger charge is -2.55. The average molecular weight is 478 g/mol. The van der Waals surface area contributed by atoms with Crippen molar-refractivity contribution in [2.75, 3.05) is 20.1 Å². The number of aliphatic hydroxyl groups is 1. The molecule has 1 amide bonds. The van der Waals surface area contributed by atoms with E-state index in [1.807, 2.05) is 18.2 Å². The zero-order chi connectivity index (χ0) is 25.6. The zero-order valence-electron chi connectivity index (χ0n) is 21.6. The van der Waals surface area contributed by atoms with Gasteiger partial charge in [0.15, 0.2) is 0 Å². The number of hydrogen-bond donors (Lipinski definition) is 2. The first-order valence-corrected chi connectivity index (χ1v) is 12.0. The fraction of sp³-hybridized carbons (Fsp3) is 0.481. The Morgan fingerprint density at radius 1 is 1.17 bits per heavy atom. The van der Waals surface area contributed by atoms with Gasteiger partial charge in [-0.3, -0.25) is 9.78 Å². The van der Waals surface area contributed by atoms with Gasteiger partial charge >= 0.3 is 0 Å². The Hall–Kier alpha value is -3.10. The standard InChI is InChI=1S/C27H35N5O3/c1-17(2)19-8-10-21(11-9-19)27(34,26(6)15-32(7)16-26)22-12-20(13-28-14-22)23-29-24(35-31-23)25(4,5)30-18(3)33/h8-14,17,34H,15-16H2,1-7H3,(H,30,33)/t27-/m0/s1. The number of carbonyl (C=O) groups is 1. The van der Waals surface area contributed by atoms with Crippen LogP contribution in [0.3, 0.4) is 0 Å². The van der Waals surface area contributed by atoms with E-state index in [-0.39, 0.29) is 5.91 Å². The van der Waals surface area contributed by atoms with Gasteiger partial charge in [-0.1, -0.05) is 50.2 Å². The summed E-state index contributed by atoms with van der Waals surface area (Å²) in [7, 11) is 2.05. The van der Waals surface area contributed by atoms with E-state index in [2.05, 4.69) is 65.3 Å². The minimum Gasteiger partial charge on any atom is -0.380 e. The summed E-state index contributed by atoms with van der Waals surface area (Å²) in [6, 6.07) is 10.1. The second-order valence-corrected chi connectivity index (χ2v) is 10.9. The molecule has 8 heteroatoms. The normalized spacial score (nSPS) is 17.6. The van der Waals surface area contributed by atoms with Crippen LogP contribution in [0.4, 0.5) is 0 Å². The minimum absolute atomic E-state index is 0.189. The molecule has 0 bridgehead atoms. The molecular formula is C27H35N5O3. The van der Waals surface area contributed by atoms with E-state index in [4.69, 9.17) is 4.52 Å². The highest BCUT2D eigenvalue weighted by Gasteiger charge is 2.55. The Bertz CT molecular complexity index is 1210. The van der Waals surface area contributed by atoms with Crippen molar-refractivity contribution in [2.24, 2.45) is 5.41 Å². The third kappa shape index (κ3) is 4.48. The molecule has 1 aromatic carbocycles. The zero-order valence-corrected chi connectivity index (χ0v) is 21.6. The minimum atomic E-state index is -1.26. The summed E-state index contributed by atoms with van der Waals surface area (Å²) in [4.78, 5) is 22.7. The van der Waals surface area contributed by atoms with Crippen LogP contribution in [0.15, 0.2) is 47.2 Å². The molecule has 1 atom stereocenters. The highest BCUT2D eigenvalue weighted by Crippen LogP contribution is 2.50. The largest absolute Gasteiger partial charge is 0.380 e. The van der Waals surface area contributed by atoms with Crippen molar-refractivity contribution in [3.05, 3.63) is 65.3 Å². The summed E-state index contributed by atoms with van der Waals surface area (Å²) in [6.07, 6.45) is 3.37. The number of amides is 1. The van der Waals surface area contributed by atoms with Gasteiger partial charge in [-0.2, -0.15) is 4.98 Å². The predicted molar refractivity (Wildman–Crippen MR) is 134 cm³/mol. The van der Waals surface area contributed by atoms with Gasteiger partial charge in [0.2, 0.25) is 11.7 Å². The second-order valence-electron chi connectivity index (χ2n) is 10.9. The van der Waals surface area contributed by atoms with Crippen LogP contribution in [0.1, 0.15) is 70.0 Å². The summed E-state index contributed by atoms with van der Waals surface area (Å²) < 4.78 is 5.47. The van der Waals surface area contributed by atoms with Crippen molar-refractivity contribution < 1.29 is 14.4 Å². The molecule has 186 valence electrons. The fourth-order valence-corrected chi connectivity index (χ4v) is 5.20. The van der Waals surface area contributed by atoms with Crippen LogP contribution < -0.4 is 5.32 Å². The van der Waals surface area contributed by atoms with Crippen molar-refractivity contribution in [3.63, 3.8) is 0 Å². The smallest absolute Gasteiger partial charge is 0.252 e. The quantitative estimate of drug-likeness (QED) is 0.533. The van der Waals surface area contributed by atoms with Crippen LogP contribution in [0, 0.1) is 5.41 Å². The number of aromatic nitrogens is 3. The molecule has 0 unspecified atom stereocenters. The van der Waals surface area contributed by atoms with E-state index in [1.165, 1.54) is 12.5 Å². The summed E-state index contributed by atoms with van der Waals surface area (Å²) in [5.41, 5.74) is 0.874. The highest BCUT2D eigenvalue weighted by atomic mass is 16.5. The summed E-state index contributed by atoms with van der Waals surface area (Å²) in [5, 5.41) is 19.3. The third-order valence-electron chi connectivity index (χ3n) is 6.97. The number of carbonyl (C=O) groups excluding carboxylic acids is 1. The molecule has 0 radical (unpaired) electrons.